The smallest absolute Gasteiger partial charge is 0.218 e. The van der Waals surface area contributed by atoms with Crippen molar-refractivity contribution in [1.29, 1.82) is 0 Å². The van der Waals surface area contributed by atoms with Crippen LogP contribution in [-0.2, 0) is 11.8 Å². The molecule has 1 atom stereocenters. The molecule has 1 unspecified atom stereocenters. The molecule has 0 aromatic carbocycles. The number of aromatic nitrogens is 7. The Morgan fingerprint density at radius 3 is 2.78 bits per heavy atom. The van der Waals surface area contributed by atoms with Gasteiger partial charge in [0.05, 0.1) is 5.69 Å². The molecule has 9 heteroatoms. The summed E-state index contributed by atoms with van der Waals surface area (Å²) in [7, 11) is 1.94. The number of fused-ring (bicyclic) bond motifs is 1. The summed E-state index contributed by atoms with van der Waals surface area (Å²) in [6.07, 6.45) is 10.3. The van der Waals surface area contributed by atoms with Gasteiger partial charge in [-0.05, 0) is 44.7 Å². The van der Waals surface area contributed by atoms with Crippen LogP contribution in [0.5, 0.6) is 0 Å². The molecule has 0 spiro atoms. The zero-order chi connectivity index (χ0) is 22.4. The highest BCUT2D eigenvalue weighted by molar-refractivity contribution is 5.83. The van der Waals surface area contributed by atoms with E-state index in [9.17, 15) is 4.79 Å². The second-order valence-electron chi connectivity index (χ2n) is 8.86. The number of rotatable bonds is 6. The van der Waals surface area contributed by atoms with E-state index in [1.807, 2.05) is 45.5 Å². The van der Waals surface area contributed by atoms with Gasteiger partial charge in [-0.25, -0.2) is 14.5 Å². The predicted octanol–water partition coefficient (Wildman–Crippen LogP) is 3.30. The van der Waals surface area contributed by atoms with Gasteiger partial charge in [0, 0.05) is 63.0 Å². The van der Waals surface area contributed by atoms with E-state index >= 15 is 0 Å². The topological polar surface area (TPSA) is 86.1 Å². The highest BCUT2D eigenvalue weighted by Crippen LogP contribution is 2.35. The van der Waals surface area contributed by atoms with Gasteiger partial charge < -0.3 is 14.3 Å². The van der Waals surface area contributed by atoms with E-state index in [0.717, 1.165) is 54.0 Å². The van der Waals surface area contributed by atoms with Gasteiger partial charge in [-0.1, -0.05) is 0 Å². The molecule has 166 valence electrons. The zero-order valence-electron chi connectivity index (χ0n) is 18.9. The molecular weight excluding hydrogens is 404 g/mol. The van der Waals surface area contributed by atoms with Crippen molar-refractivity contribution >= 4 is 17.6 Å². The molecule has 1 fully saturated rings. The van der Waals surface area contributed by atoms with Gasteiger partial charge in [0.2, 0.25) is 5.82 Å². The average Bonchev–Trinajstić information content (AvgIpc) is 3.54. The lowest BCUT2D eigenvalue weighted by molar-refractivity contribution is -0.108. The van der Waals surface area contributed by atoms with Crippen molar-refractivity contribution in [3.8, 4) is 22.9 Å². The van der Waals surface area contributed by atoms with Crippen molar-refractivity contribution in [2.75, 3.05) is 18.0 Å². The number of imidazole rings is 1. The fourth-order valence-corrected chi connectivity index (χ4v) is 4.49. The Morgan fingerprint density at radius 2 is 2.09 bits per heavy atom. The molecule has 1 aliphatic heterocycles. The third-order valence-corrected chi connectivity index (χ3v) is 6.32. The summed E-state index contributed by atoms with van der Waals surface area (Å²) in [5, 5.41) is 9.59. The van der Waals surface area contributed by atoms with Crippen LogP contribution in [0.4, 0.5) is 5.82 Å². The van der Waals surface area contributed by atoms with Crippen molar-refractivity contribution in [1.82, 2.24) is 33.9 Å². The highest BCUT2D eigenvalue weighted by atomic mass is 16.1. The Morgan fingerprint density at radius 1 is 1.25 bits per heavy atom. The number of carbonyl (C=O) groups excluding carboxylic acids is 1. The lowest BCUT2D eigenvalue weighted by Crippen LogP contribution is -2.23. The number of aryl methyl sites for hydroxylation is 2. The van der Waals surface area contributed by atoms with Gasteiger partial charge in [0.25, 0.3) is 0 Å². The Kier molecular flexibility index (Phi) is 5.03. The molecule has 1 aliphatic rings. The van der Waals surface area contributed by atoms with Crippen LogP contribution in [0.1, 0.15) is 38.3 Å². The van der Waals surface area contributed by atoms with Crippen molar-refractivity contribution in [3.63, 3.8) is 0 Å². The molecular formula is C23H28N8O. The summed E-state index contributed by atoms with van der Waals surface area (Å²) in [6.45, 7) is 8.02. The summed E-state index contributed by atoms with van der Waals surface area (Å²) in [4.78, 5) is 22.8. The van der Waals surface area contributed by atoms with Gasteiger partial charge in [-0.15, -0.1) is 5.10 Å². The van der Waals surface area contributed by atoms with Gasteiger partial charge in [0.1, 0.15) is 11.8 Å². The van der Waals surface area contributed by atoms with Crippen LogP contribution >= 0.6 is 0 Å². The monoisotopic (exact) mass is 432 g/mol. The zero-order valence-corrected chi connectivity index (χ0v) is 18.9. The maximum Gasteiger partial charge on any atom is 0.218 e. The molecule has 4 aromatic rings. The van der Waals surface area contributed by atoms with E-state index < -0.39 is 0 Å². The second kappa shape index (κ2) is 7.89. The summed E-state index contributed by atoms with van der Waals surface area (Å²) in [5.41, 5.74) is 4.04. The fourth-order valence-electron chi connectivity index (χ4n) is 4.49. The van der Waals surface area contributed by atoms with E-state index in [-0.39, 0.29) is 0 Å². The molecule has 0 aliphatic carbocycles. The van der Waals surface area contributed by atoms with Crippen molar-refractivity contribution in [2.45, 2.75) is 39.7 Å². The minimum Gasteiger partial charge on any atom is -0.354 e. The van der Waals surface area contributed by atoms with Crippen molar-refractivity contribution < 1.29 is 4.79 Å². The minimum absolute atomic E-state index is 0.297. The van der Waals surface area contributed by atoms with Crippen LogP contribution in [0.25, 0.3) is 28.4 Å². The normalized spacial score (nSPS) is 16.5. The van der Waals surface area contributed by atoms with Crippen LogP contribution in [0.2, 0.25) is 0 Å². The molecule has 32 heavy (non-hydrogen) atoms. The maximum atomic E-state index is 11.1. The summed E-state index contributed by atoms with van der Waals surface area (Å²) in [5.74, 6) is 2.54. The number of carbonyl (C=O) groups is 1. The largest absolute Gasteiger partial charge is 0.354 e. The highest BCUT2D eigenvalue weighted by Gasteiger charge is 2.28. The number of nitrogens with zero attached hydrogens (tertiary/aromatic N) is 8. The first-order valence-electron chi connectivity index (χ1n) is 11.1. The Balaban J connectivity index is 1.67. The number of hydrogen-bond acceptors (Lipinski definition) is 6. The lowest BCUT2D eigenvalue weighted by atomic mass is 10.1. The fraction of sp³-hybridized carbons (Fsp3) is 0.435. The third kappa shape index (κ3) is 3.37. The molecule has 5 rings (SSSR count). The van der Waals surface area contributed by atoms with E-state index in [1.165, 1.54) is 0 Å². The standard InChI is InChI=1S/C23H28N8O/c1-15(2)30-10-6-19(26-30)18-14-31-20(16(18)3)22(29-9-5-17(13-29)7-12-32)25-21(27-31)23-24-8-11-28(23)4/h6,8,10-12,14-15,17H,5,7,9,13H2,1-4H3. The first-order chi connectivity index (χ1) is 15.5. The molecule has 5 heterocycles. The third-order valence-electron chi connectivity index (χ3n) is 6.32. The van der Waals surface area contributed by atoms with Crippen molar-refractivity contribution in [2.24, 2.45) is 13.0 Å². The van der Waals surface area contributed by atoms with Gasteiger partial charge >= 0.3 is 0 Å². The maximum absolute atomic E-state index is 11.1. The van der Waals surface area contributed by atoms with E-state index in [1.54, 1.807) is 6.20 Å². The molecule has 4 aromatic heterocycles. The van der Waals surface area contributed by atoms with Crippen LogP contribution in [0.3, 0.4) is 0 Å². The van der Waals surface area contributed by atoms with Gasteiger partial charge in [0.15, 0.2) is 11.6 Å². The lowest BCUT2D eigenvalue weighted by Gasteiger charge is -2.19. The first kappa shape index (κ1) is 20.4. The Labute approximate surface area is 186 Å². The average molecular weight is 433 g/mol. The van der Waals surface area contributed by atoms with Gasteiger partial charge in [-0.2, -0.15) is 5.10 Å². The number of aldehydes is 1. The first-order valence-corrected chi connectivity index (χ1v) is 11.1. The molecule has 0 bridgehead atoms. The number of anilines is 1. The van der Waals surface area contributed by atoms with Gasteiger partial charge in [-0.3, -0.25) is 4.68 Å². The van der Waals surface area contributed by atoms with E-state index in [0.29, 0.717) is 30.0 Å². The van der Waals surface area contributed by atoms with Crippen molar-refractivity contribution in [3.05, 3.63) is 36.4 Å². The number of hydrogen-bond donors (Lipinski definition) is 0. The molecule has 0 N–H and O–H groups in total. The van der Waals surface area contributed by atoms with E-state index in [4.69, 9.17) is 15.2 Å². The van der Waals surface area contributed by atoms with Crippen LogP contribution in [0.15, 0.2) is 30.9 Å². The van der Waals surface area contributed by atoms with E-state index in [2.05, 4.69) is 30.7 Å². The predicted molar refractivity (Wildman–Crippen MR) is 123 cm³/mol. The van der Waals surface area contributed by atoms with Crippen LogP contribution in [-0.4, -0.2) is 53.3 Å². The SMILES string of the molecule is Cc1c(-c2ccn(C(C)C)n2)cn2nc(-c3nccn3C)nc(N3CCC(CC=O)C3)c12. The second-order valence-corrected chi connectivity index (χ2v) is 8.86. The Hall–Kier alpha value is -3.49. The minimum atomic E-state index is 0.297. The molecule has 1 saturated heterocycles. The summed E-state index contributed by atoms with van der Waals surface area (Å²) in [6, 6.07) is 2.34. The molecule has 0 radical (unpaired) electrons. The molecule has 0 amide bonds. The molecule has 9 nitrogen and oxygen atoms in total. The summed E-state index contributed by atoms with van der Waals surface area (Å²) < 4.78 is 5.80. The Bertz CT molecular complexity index is 1280. The van der Waals surface area contributed by atoms with Crippen LogP contribution < -0.4 is 4.90 Å². The molecule has 0 saturated carbocycles. The summed E-state index contributed by atoms with van der Waals surface area (Å²) >= 11 is 0. The van der Waals surface area contributed by atoms with Crippen LogP contribution in [0, 0.1) is 12.8 Å². The quantitative estimate of drug-likeness (QED) is 0.435.